The molecule has 1 aliphatic rings. The molecule has 1 aliphatic carbocycles. The van der Waals surface area contributed by atoms with Gasteiger partial charge in [-0.25, -0.2) is 0 Å². The predicted octanol–water partition coefficient (Wildman–Crippen LogP) is 7.09. The highest BCUT2D eigenvalue weighted by Crippen LogP contribution is 2.53. The van der Waals surface area contributed by atoms with Crippen LogP contribution in [0.3, 0.4) is 0 Å². The largest absolute Gasteiger partial charge is 0.507 e. The number of ether oxygens (including phenoxy) is 2. The topological polar surface area (TPSA) is 160 Å². The fourth-order valence-electron chi connectivity index (χ4n) is 4.90. The highest BCUT2D eigenvalue weighted by Gasteiger charge is 2.42. The summed E-state index contributed by atoms with van der Waals surface area (Å²) < 4.78 is 12.5. The van der Waals surface area contributed by atoms with E-state index < -0.39 is 28.0 Å². The van der Waals surface area contributed by atoms with Gasteiger partial charge in [0, 0.05) is 12.6 Å². The lowest BCUT2D eigenvalue weighted by molar-refractivity contribution is -0.383. The second kappa shape index (κ2) is 13.9. The Morgan fingerprint density at radius 2 is 1.26 bits per heavy atom. The molecular formula is C32H37N3O8. The molecule has 0 saturated heterocycles. The van der Waals surface area contributed by atoms with Crippen LogP contribution in [-0.2, 0) is 0 Å². The molecule has 11 heteroatoms. The number of unbranched alkanes of at least 4 members (excludes halogenated alkanes) is 3. The van der Waals surface area contributed by atoms with Crippen LogP contribution in [0.1, 0.15) is 91.1 Å². The molecule has 0 bridgehead atoms. The first kappa shape index (κ1) is 31.1. The first-order valence-electron chi connectivity index (χ1n) is 14.6. The maximum absolute atomic E-state index is 14.2. The van der Waals surface area contributed by atoms with Crippen molar-refractivity contribution in [1.82, 2.24) is 0 Å². The van der Waals surface area contributed by atoms with Gasteiger partial charge in [0.1, 0.15) is 28.6 Å². The summed E-state index contributed by atoms with van der Waals surface area (Å²) in [6.45, 7) is 6.83. The Labute approximate surface area is 250 Å². The van der Waals surface area contributed by atoms with E-state index in [1.54, 1.807) is 12.1 Å². The van der Waals surface area contributed by atoms with Gasteiger partial charge >= 0.3 is 0 Å². The molecular weight excluding hydrogens is 554 g/mol. The third-order valence-electron chi connectivity index (χ3n) is 7.16. The number of hydrogen-bond donors (Lipinski definition) is 4. The number of aromatic hydroxyl groups is 2. The van der Waals surface area contributed by atoms with Crippen LogP contribution in [0.4, 0.5) is 22.7 Å². The number of carbonyl (C=O) groups is 2. The van der Waals surface area contributed by atoms with Crippen LogP contribution in [0.2, 0.25) is 0 Å². The first-order chi connectivity index (χ1) is 20.8. The highest BCUT2D eigenvalue weighted by molar-refractivity contribution is 6.33. The zero-order valence-corrected chi connectivity index (χ0v) is 24.6. The Kier molecular flexibility index (Phi) is 10.1. The van der Waals surface area contributed by atoms with E-state index in [1.165, 1.54) is 12.1 Å². The molecule has 43 heavy (non-hydrogen) atoms. The summed E-state index contributed by atoms with van der Waals surface area (Å²) in [6, 6.07) is 8.38. The Hall–Kier alpha value is -4.80. The van der Waals surface area contributed by atoms with Crippen LogP contribution in [0, 0.1) is 10.1 Å². The molecule has 0 aliphatic heterocycles. The van der Waals surface area contributed by atoms with Gasteiger partial charge in [0.25, 0.3) is 5.69 Å². The van der Waals surface area contributed by atoms with Crippen molar-refractivity contribution >= 4 is 34.3 Å². The molecule has 4 N–H and O–H groups in total. The molecule has 228 valence electrons. The Balaban J connectivity index is 2.10. The van der Waals surface area contributed by atoms with Gasteiger partial charge < -0.3 is 30.3 Å². The fraction of sp³-hybridized carbons (Fsp3) is 0.375. The van der Waals surface area contributed by atoms with Crippen molar-refractivity contribution in [3.63, 3.8) is 0 Å². The molecule has 4 rings (SSSR count). The van der Waals surface area contributed by atoms with Gasteiger partial charge in [-0.2, -0.15) is 0 Å². The van der Waals surface area contributed by atoms with Crippen molar-refractivity contribution in [2.75, 3.05) is 30.4 Å². The van der Waals surface area contributed by atoms with E-state index in [9.17, 15) is 29.9 Å². The number of nitrogens with one attached hydrogen (secondary N) is 2. The predicted molar refractivity (Wildman–Crippen MR) is 164 cm³/mol. The lowest BCUT2D eigenvalue weighted by Gasteiger charge is -2.29. The van der Waals surface area contributed by atoms with Gasteiger partial charge in [0.15, 0.2) is 11.5 Å². The third-order valence-corrected chi connectivity index (χ3v) is 7.16. The average Bonchev–Trinajstić information content (AvgIpc) is 2.99. The minimum atomic E-state index is -0.740. The van der Waals surface area contributed by atoms with E-state index in [-0.39, 0.29) is 64.0 Å². The van der Waals surface area contributed by atoms with Gasteiger partial charge in [0.05, 0.1) is 40.4 Å². The van der Waals surface area contributed by atoms with Crippen molar-refractivity contribution in [1.29, 1.82) is 0 Å². The number of benzene rings is 3. The fourth-order valence-corrected chi connectivity index (χ4v) is 4.90. The average molecular weight is 592 g/mol. The molecule has 0 atom stereocenters. The third kappa shape index (κ3) is 6.20. The number of nitrogens with zero attached hydrogens (tertiary/aromatic N) is 1. The van der Waals surface area contributed by atoms with Crippen LogP contribution in [0.15, 0.2) is 36.4 Å². The van der Waals surface area contributed by atoms with Crippen molar-refractivity contribution in [2.45, 2.75) is 59.3 Å². The number of nitro groups is 1. The van der Waals surface area contributed by atoms with Gasteiger partial charge in [-0.05, 0) is 37.5 Å². The van der Waals surface area contributed by atoms with Gasteiger partial charge in [-0.3, -0.25) is 19.7 Å². The molecule has 0 amide bonds. The molecule has 0 saturated carbocycles. The van der Waals surface area contributed by atoms with E-state index in [0.717, 1.165) is 37.8 Å². The second-order valence-electron chi connectivity index (χ2n) is 10.3. The van der Waals surface area contributed by atoms with E-state index in [2.05, 4.69) is 10.6 Å². The molecule has 0 spiro atoms. The quantitative estimate of drug-likeness (QED) is 0.0486. The summed E-state index contributed by atoms with van der Waals surface area (Å²) in [5.41, 5.74) is -0.495. The van der Waals surface area contributed by atoms with Crippen LogP contribution in [0.25, 0.3) is 0 Å². The number of ketones is 2. The second-order valence-corrected chi connectivity index (χ2v) is 10.3. The molecule has 3 aromatic carbocycles. The maximum Gasteiger partial charge on any atom is 0.292 e. The van der Waals surface area contributed by atoms with E-state index in [0.29, 0.717) is 25.1 Å². The zero-order chi connectivity index (χ0) is 31.1. The number of phenolic OH excluding ortho intramolecular Hbond substituents is 2. The number of carbonyl (C=O) groups excluding carboxylic acids is 2. The summed E-state index contributed by atoms with van der Waals surface area (Å²) in [5.74, 6) is -2.31. The minimum Gasteiger partial charge on any atom is -0.507 e. The number of para-hydroxylation sites is 2. The molecule has 11 nitrogen and oxygen atoms in total. The van der Waals surface area contributed by atoms with Gasteiger partial charge in [-0.1, -0.05) is 52.2 Å². The number of nitro benzene ring substituents is 1. The normalized spacial score (nSPS) is 12.0. The molecule has 3 aromatic rings. The Bertz CT molecular complexity index is 1540. The monoisotopic (exact) mass is 591 g/mol. The van der Waals surface area contributed by atoms with Crippen LogP contribution in [-0.4, -0.2) is 46.5 Å². The molecule has 0 aromatic heterocycles. The smallest absolute Gasteiger partial charge is 0.292 e. The highest BCUT2D eigenvalue weighted by atomic mass is 16.6. The van der Waals surface area contributed by atoms with Gasteiger partial charge in [-0.15, -0.1) is 0 Å². The lowest BCUT2D eigenvalue weighted by Crippen LogP contribution is -2.25. The van der Waals surface area contributed by atoms with Crippen LogP contribution in [0.5, 0.6) is 23.0 Å². The van der Waals surface area contributed by atoms with Gasteiger partial charge in [0.2, 0.25) is 11.6 Å². The van der Waals surface area contributed by atoms with E-state index >= 15 is 0 Å². The number of fused-ring (bicyclic) bond motifs is 2. The standard InChI is InChI=1S/C32H37N3O8/c1-4-7-16-33-27-28(34-19-12-10-11-13-20(19)35(40)41)32(43-18-9-6-3)26-25(31(27)42-17-8-5-2)29(38)23-21(36)14-15-22(37)24(23)30(26)39/h10-15,33-34,36-37H,4-9,16-18H2,1-3H3. The van der Waals surface area contributed by atoms with Crippen molar-refractivity contribution in [2.24, 2.45) is 0 Å². The zero-order valence-electron chi connectivity index (χ0n) is 24.6. The first-order valence-corrected chi connectivity index (χ1v) is 14.6. The van der Waals surface area contributed by atoms with Crippen molar-refractivity contribution in [3.8, 4) is 23.0 Å². The van der Waals surface area contributed by atoms with Crippen LogP contribution >= 0.6 is 0 Å². The number of anilines is 3. The van der Waals surface area contributed by atoms with E-state index in [4.69, 9.17) is 9.47 Å². The lowest BCUT2D eigenvalue weighted by atomic mass is 9.81. The van der Waals surface area contributed by atoms with Crippen molar-refractivity contribution < 1.29 is 34.2 Å². The maximum atomic E-state index is 14.2. The number of rotatable bonds is 15. The summed E-state index contributed by atoms with van der Waals surface area (Å²) >= 11 is 0. The molecule has 0 unspecified atom stereocenters. The van der Waals surface area contributed by atoms with Crippen LogP contribution < -0.4 is 20.1 Å². The Morgan fingerprint density at radius 3 is 1.77 bits per heavy atom. The summed E-state index contributed by atoms with van der Waals surface area (Å²) in [4.78, 5) is 39.8. The number of hydrogen-bond acceptors (Lipinski definition) is 10. The molecule has 0 heterocycles. The SMILES string of the molecule is CCCCNc1c(Nc2ccccc2[N+](=O)[O-])c(OCCCC)c2c(c1OCCCC)C(=O)c1c(O)ccc(O)c1C2=O. The molecule has 0 radical (unpaired) electrons. The summed E-state index contributed by atoms with van der Waals surface area (Å²) in [7, 11) is 0. The summed E-state index contributed by atoms with van der Waals surface area (Å²) in [6.07, 6.45) is 4.46. The minimum absolute atomic E-state index is 0.00446. The summed E-state index contributed by atoms with van der Waals surface area (Å²) in [5, 5.41) is 39.7. The number of phenols is 2. The molecule has 0 fully saturated rings. The Morgan fingerprint density at radius 1 is 0.744 bits per heavy atom. The van der Waals surface area contributed by atoms with E-state index in [1.807, 2.05) is 20.8 Å². The van der Waals surface area contributed by atoms with Crippen molar-refractivity contribution in [3.05, 3.63) is 68.8 Å².